The van der Waals surface area contributed by atoms with Crippen LogP contribution in [0.2, 0.25) is 0 Å². The number of carbonyl (C=O) groups is 2. The number of carbonyl (C=O) groups excluding carboxylic acids is 2. The van der Waals surface area contributed by atoms with Crippen LogP contribution in [0.1, 0.15) is 27.2 Å². The van der Waals surface area contributed by atoms with Crippen LogP contribution in [0.25, 0.3) is 0 Å². The van der Waals surface area contributed by atoms with Crippen molar-refractivity contribution in [1.29, 1.82) is 0 Å². The lowest BCUT2D eigenvalue weighted by atomic mass is 10.1. The van der Waals surface area contributed by atoms with Crippen molar-refractivity contribution in [2.75, 3.05) is 20.3 Å². The van der Waals surface area contributed by atoms with Crippen molar-refractivity contribution in [3.8, 4) is 0 Å². The molecule has 0 aliphatic carbocycles. The van der Waals surface area contributed by atoms with Crippen molar-refractivity contribution in [3.05, 3.63) is 0 Å². The molecule has 0 aromatic carbocycles. The Morgan fingerprint density at radius 2 is 1.93 bits per heavy atom. The predicted molar refractivity (Wildman–Crippen MR) is 55.3 cm³/mol. The van der Waals surface area contributed by atoms with Crippen molar-refractivity contribution in [2.45, 2.75) is 32.7 Å². The molecule has 5 heteroatoms. The Balaban J connectivity index is 3.84. The van der Waals surface area contributed by atoms with Crippen LogP contribution in [0.4, 0.5) is 0 Å². The first-order valence-corrected chi connectivity index (χ1v) is 4.93. The summed E-state index contributed by atoms with van der Waals surface area (Å²) in [5.41, 5.74) is -0.777. The van der Waals surface area contributed by atoms with E-state index in [0.29, 0.717) is 13.2 Å². The molecule has 88 valence electrons. The number of nitrogens with one attached hydrogen (secondary N) is 1. The van der Waals surface area contributed by atoms with Gasteiger partial charge in [0.15, 0.2) is 0 Å². The minimum Gasteiger partial charge on any atom is -0.468 e. The highest BCUT2D eigenvalue weighted by Gasteiger charge is 2.27. The van der Waals surface area contributed by atoms with E-state index in [4.69, 9.17) is 4.74 Å². The molecule has 0 aliphatic heterocycles. The van der Waals surface area contributed by atoms with Crippen molar-refractivity contribution < 1.29 is 19.1 Å². The van der Waals surface area contributed by atoms with Gasteiger partial charge in [-0.15, -0.1) is 0 Å². The van der Waals surface area contributed by atoms with Gasteiger partial charge in [-0.3, -0.25) is 9.59 Å². The van der Waals surface area contributed by atoms with Crippen molar-refractivity contribution in [3.63, 3.8) is 0 Å². The summed E-state index contributed by atoms with van der Waals surface area (Å²) in [6.45, 7) is 5.91. The van der Waals surface area contributed by atoms with Gasteiger partial charge in [0.05, 0.1) is 20.1 Å². The summed E-state index contributed by atoms with van der Waals surface area (Å²) in [7, 11) is 1.33. The van der Waals surface area contributed by atoms with Crippen molar-refractivity contribution in [2.24, 2.45) is 0 Å². The van der Waals surface area contributed by atoms with E-state index in [9.17, 15) is 9.59 Å². The summed E-state index contributed by atoms with van der Waals surface area (Å²) in [6, 6.07) is 0. The maximum Gasteiger partial charge on any atom is 0.325 e. The van der Waals surface area contributed by atoms with Crippen LogP contribution in [0.3, 0.4) is 0 Å². The zero-order chi connectivity index (χ0) is 11.9. The molecule has 0 aromatic rings. The Labute approximate surface area is 90.1 Å². The molecule has 0 spiro atoms. The molecule has 0 saturated heterocycles. The molecule has 15 heavy (non-hydrogen) atoms. The number of hydrogen-bond donors (Lipinski definition) is 1. The lowest BCUT2D eigenvalue weighted by Crippen LogP contribution is -2.48. The quantitative estimate of drug-likeness (QED) is 0.656. The molecule has 0 amide bonds. The molecule has 0 heterocycles. The van der Waals surface area contributed by atoms with Crippen LogP contribution in [0.15, 0.2) is 0 Å². The second-order valence-corrected chi connectivity index (χ2v) is 3.60. The topological polar surface area (TPSA) is 64.6 Å². The molecule has 0 radical (unpaired) electrons. The minimum absolute atomic E-state index is 0.244. The van der Waals surface area contributed by atoms with Gasteiger partial charge >= 0.3 is 11.9 Å². The second-order valence-electron chi connectivity index (χ2n) is 3.60. The lowest BCUT2D eigenvalue weighted by molar-refractivity contribution is -0.148. The van der Waals surface area contributed by atoms with Crippen LogP contribution in [0, 0.1) is 0 Å². The van der Waals surface area contributed by atoms with Gasteiger partial charge in [-0.05, 0) is 20.8 Å². The predicted octanol–water partition coefficient (Wildman–Crippen LogP) is 0.481. The molecule has 0 unspecified atom stereocenters. The zero-order valence-electron chi connectivity index (χ0n) is 9.75. The van der Waals surface area contributed by atoms with Gasteiger partial charge in [0, 0.05) is 6.54 Å². The standard InChI is InChI=1S/C10H19NO4/c1-5-15-8(12)6-7-11-10(2,3)9(13)14-4/h11H,5-7H2,1-4H3. The number of methoxy groups -OCH3 is 1. The van der Waals surface area contributed by atoms with Gasteiger partial charge in [-0.2, -0.15) is 0 Å². The maximum atomic E-state index is 11.2. The SMILES string of the molecule is CCOC(=O)CCNC(C)(C)C(=O)OC. The van der Waals surface area contributed by atoms with E-state index in [1.54, 1.807) is 20.8 Å². The first kappa shape index (κ1) is 13.9. The number of hydrogen-bond acceptors (Lipinski definition) is 5. The molecule has 0 saturated carbocycles. The average molecular weight is 217 g/mol. The van der Waals surface area contributed by atoms with Gasteiger partial charge in [-0.25, -0.2) is 0 Å². The first-order chi connectivity index (χ1) is 6.94. The Hall–Kier alpha value is -1.10. The highest BCUT2D eigenvalue weighted by Crippen LogP contribution is 2.04. The van der Waals surface area contributed by atoms with Crippen LogP contribution in [-0.4, -0.2) is 37.7 Å². The summed E-state index contributed by atoms with van der Waals surface area (Å²) < 4.78 is 9.35. The van der Waals surface area contributed by atoms with E-state index < -0.39 is 5.54 Å². The monoisotopic (exact) mass is 217 g/mol. The fourth-order valence-corrected chi connectivity index (χ4v) is 1.04. The van der Waals surface area contributed by atoms with E-state index in [2.05, 4.69) is 10.1 Å². The molecular formula is C10H19NO4. The van der Waals surface area contributed by atoms with Gasteiger partial charge in [-0.1, -0.05) is 0 Å². The second kappa shape index (κ2) is 6.40. The van der Waals surface area contributed by atoms with Gasteiger partial charge in [0.2, 0.25) is 0 Å². The van der Waals surface area contributed by atoms with E-state index >= 15 is 0 Å². The Morgan fingerprint density at radius 3 is 2.40 bits per heavy atom. The normalized spacial score (nSPS) is 10.9. The fourth-order valence-electron chi connectivity index (χ4n) is 1.04. The third kappa shape index (κ3) is 5.37. The molecular weight excluding hydrogens is 198 g/mol. The summed E-state index contributed by atoms with van der Waals surface area (Å²) >= 11 is 0. The first-order valence-electron chi connectivity index (χ1n) is 4.93. The van der Waals surface area contributed by atoms with Crippen LogP contribution in [-0.2, 0) is 19.1 Å². The molecule has 0 atom stereocenters. The highest BCUT2D eigenvalue weighted by atomic mass is 16.5. The number of ether oxygens (including phenoxy) is 2. The number of esters is 2. The summed E-state index contributed by atoms with van der Waals surface area (Å²) in [5.74, 6) is -0.628. The Bertz CT molecular complexity index is 225. The minimum atomic E-state index is -0.777. The van der Waals surface area contributed by atoms with Gasteiger partial charge in [0.1, 0.15) is 5.54 Å². The van der Waals surface area contributed by atoms with Crippen LogP contribution in [0.5, 0.6) is 0 Å². The molecule has 0 aromatic heterocycles. The molecule has 5 nitrogen and oxygen atoms in total. The summed E-state index contributed by atoms with van der Waals surface area (Å²) in [5, 5.41) is 2.92. The summed E-state index contributed by atoms with van der Waals surface area (Å²) in [4.78, 5) is 22.2. The summed E-state index contributed by atoms with van der Waals surface area (Å²) in [6.07, 6.45) is 0.244. The van der Waals surface area contributed by atoms with E-state index in [1.165, 1.54) is 7.11 Å². The van der Waals surface area contributed by atoms with Crippen LogP contribution < -0.4 is 5.32 Å². The molecule has 0 rings (SSSR count). The molecule has 0 aliphatic rings. The molecule has 1 N–H and O–H groups in total. The van der Waals surface area contributed by atoms with Crippen molar-refractivity contribution in [1.82, 2.24) is 5.32 Å². The average Bonchev–Trinajstić information content (AvgIpc) is 2.16. The Kier molecular flexibility index (Phi) is 5.93. The van der Waals surface area contributed by atoms with Gasteiger partial charge in [0.25, 0.3) is 0 Å². The smallest absolute Gasteiger partial charge is 0.325 e. The maximum absolute atomic E-state index is 11.2. The molecule has 0 fully saturated rings. The van der Waals surface area contributed by atoms with E-state index in [0.717, 1.165) is 0 Å². The number of rotatable bonds is 6. The highest BCUT2D eigenvalue weighted by molar-refractivity contribution is 5.79. The van der Waals surface area contributed by atoms with E-state index in [-0.39, 0.29) is 18.4 Å². The lowest BCUT2D eigenvalue weighted by Gasteiger charge is -2.22. The molecule has 0 bridgehead atoms. The third-order valence-corrected chi connectivity index (χ3v) is 1.90. The van der Waals surface area contributed by atoms with Crippen molar-refractivity contribution >= 4 is 11.9 Å². The van der Waals surface area contributed by atoms with E-state index in [1.807, 2.05) is 0 Å². The third-order valence-electron chi connectivity index (χ3n) is 1.90. The zero-order valence-corrected chi connectivity index (χ0v) is 9.75. The van der Waals surface area contributed by atoms with Crippen LogP contribution >= 0.6 is 0 Å². The Morgan fingerprint density at radius 1 is 1.33 bits per heavy atom. The van der Waals surface area contributed by atoms with Gasteiger partial charge < -0.3 is 14.8 Å². The fraction of sp³-hybridized carbons (Fsp3) is 0.800. The largest absolute Gasteiger partial charge is 0.468 e.